The molecule has 0 aliphatic carbocycles. The molecule has 0 fully saturated rings. The minimum atomic E-state index is -3.81. The standard InChI is InChI=1S/C17H31NO6P2/c1-6-21-25(19,22-7-2)17(26(20,23-8-3)24-9-4)18-15(5)16-13-11-10-12-14-16/h10-15,17-18H,6-9H2,1-5H3. The Labute approximate surface area is 156 Å². The van der Waals surface area contributed by atoms with Crippen LogP contribution >= 0.6 is 15.2 Å². The number of benzene rings is 1. The predicted octanol–water partition coefficient (Wildman–Crippen LogP) is 5.15. The molecule has 9 heteroatoms. The zero-order chi connectivity index (χ0) is 19.6. The van der Waals surface area contributed by atoms with Crippen LogP contribution in [0, 0.1) is 0 Å². The molecule has 0 amide bonds. The topological polar surface area (TPSA) is 83.1 Å². The third-order valence-corrected chi connectivity index (χ3v) is 9.20. The Balaban J connectivity index is 3.30. The lowest BCUT2D eigenvalue weighted by atomic mass is 10.1. The van der Waals surface area contributed by atoms with E-state index in [0.29, 0.717) is 0 Å². The van der Waals surface area contributed by atoms with E-state index in [1.807, 2.05) is 37.3 Å². The van der Waals surface area contributed by atoms with Gasteiger partial charge in [-0.05, 0) is 40.2 Å². The zero-order valence-corrected chi connectivity index (χ0v) is 18.0. The van der Waals surface area contributed by atoms with Gasteiger partial charge in [-0.25, -0.2) is 0 Å². The predicted molar refractivity (Wildman–Crippen MR) is 103 cm³/mol. The molecule has 0 aliphatic rings. The molecule has 26 heavy (non-hydrogen) atoms. The van der Waals surface area contributed by atoms with Crippen LogP contribution in [0.15, 0.2) is 30.3 Å². The lowest BCUT2D eigenvalue weighted by Gasteiger charge is -2.33. The van der Waals surface area contributed by atoms with Gasteiger partial charge in [-0.1, -0.05) is 30.3 Å². The van der Waals surface area contributed by atoms with Crippen LogP contribution in [0.4, 0.5) is 0 Å². The summed E-state index contributed by atoms with van der Waals surface area (Å²) in [6.07, 6.45) is 0. The fourth-order valence-electron chi connectivity index (χ4n) is 2.49. The van der Waals surface area contributed by atoms with Crippen molar-refractivity contribution in [2.45, 2.75) is 46.2 Å². The fourth-order valence-corrected chi connectivity index (χ4v) is 7.65. The van der Waals surface area contributed by atoms with Crippen LogP contribution in [-0.4, -0.2) is 32.0 Å². The number of hydrogen-bond donors (Lipinski definition) is 1. The molecule has 0 spiro atoms. The van der Waals surface area contributed by atoms with Crippen LogP contribution in [0.25, 0.3) is 0 Å². The highest BCUT2D eigenvalue weighted by molar-refractivity contribution is 7.72. The molecular weight excluding hydrogens is 376 g/mol. The van der Waals surface area contributed by atoms with Crippen LogP contribution < -0.4 is 5.32 Å². The van der Waals surface area contributed by atoms with Crippen molar-refractivity contribution in [3.8, 4) is 0 Å². The quantitative estimate of drug-likeness (QED) is 0.453. The molecule has 7 nitrogen and oxygen atoms in total. The Hall–Kier alpha value is -0.520. The second kappa shape index (κ2) is 11.4. The van der Waals surface area contributed by atoms with Gasteiger partial charge in [-0.3, -0.25) is 14.4 Å². The molecule has 0 bridgehead atoms. The normalized spacial score (nSPS) is 13.9. The molecule has 0 saturated heterocycles. The highest BCUT2D eigenvalue weighted by atomic mass is 31.2. The Kier molecular flexibility index (Phi) is 10.3. The first-order chi connectivity index (χ1) is 12.4. The smallest absolute Gasteiger partial charge is 0.307 e. The van der Waals surface area contributed by atoms with Gasteiger partial charge in [0.15, 0.2) is 0 Å². The van der Waals surface area contributed by atoms with Gasteiger partial charge in [-0.15, -0.1) is 0 Å². The van der Waals surface area contributed by atoms with Crippen LogP contribution in [0.5, 0.6) is 0 Å². The monoisotopic (exact) mass is 407 g/mol. The molecule has 1 unspecified atom stereocenters. The molecule has 0 radical (unpaired) electrons. The van der Waals surface area contributed by atoms with Gasteiger partial charge in [0.25, 0.3) is 0 Å². The summed E-state index contributed by atoms with van der Waals surface area (Å²) in [6, 6.07) is 9.28. The molecule has 0 saturated carbocycles. The van der Waals surface area contributed by atoms with E-state index in [-0.39, 0.29) is 32.5 Å². The first-order valence-corrected chi connectivity index (χ1v) is 12.2. The van der Waals surface area contributed by atoms with Gasteiger partial charge >= 0.3 is 15.2 Å². The van der Waals surface area contributed by atoms with Crippen LogP contribution in [0.1, 0.15) is 46.2 Å². The molecule has 1 rings (SSSR count). The Bertz CT molecular complexity index is 563. The summed E-state index contributed by atoms with van der Waals surface area (Å²) in [7, 11) is -7.62. The summed E-state index contributed by atoms with van der Waals surface area (Å²) in [6.45, 7) is 9.28. The van der Waals surface area contributed by atoms with Crippen molar-refractivity contribution < 1.29 is 27.2 Å². The van der Waals surface area contributed by atoms with E-state index in [1.165, 1.54) is 0 Å². The van der Waals surface area contributed by atoms with E-state index in [4.69, 9.17) is 18.1 Å². The van der Waals surface area contributed by atoms with Gasteiger partial charge in [0.05, 0.1) is 26.4 Å². The summed E-state index contributed by atoms with van der Waals surface area (Å²) >= 11 is 0. The summed E-state index contributed by atoms with van der Waals surface area (Å²) in [5.74, 6) is 0. The van der Waals surface area contributed by atoms with E-state index in [2.05, 4.69) is 5.32 Å². The van der Waals surface area contributed by atoms with Crippen LogP contribution in [-0.2, 0) is 27.2 Å². The summed E-state index contributed by atoms with van der Waals surface area (Å²) in [5.41, 5.74) is -0.290. The minimum Gasteiger partial charge on any atom is -0.307 e. The van der Waals surface area contributed by atoms with Gasteiger partial charge in [0.2, 0.25) is 5.52 Å². The van der Waals surface area contributed by atoms with E-state index >= 15 is 0 Å². The van der Waals surface area contributed by atoms with Crippen LogP contribution in [0.2, 0.25) is 0 Å². The van der Waals surface area contributed by atoms with E-state index in [9.17, 15) is 9.13 Å². The van der Waals surface area contributed by atoms with E-state index < -0.39 is 20.7 Å². The molecule has 1 aromatic rings. The van der Waals surface area contributed by atoms with Gasteiger partial charge in [0, 0.05) is 6.04 Å². The van der Waals surface area contributed by atoms with Gasteiger partial charge in [0.1, 0.15) is 0 Å². The third-order valence-electron chi connectivity index (χ3n) is 3.53. The number of hydrogen-bond acceptors (Lipinski definition) is 7. The SMILES string of the molecule is CCOP(=O)(OCC)C(NC(C)c1ccccc1)P(=O)(OCC)OCC. The van der Waals surface area contributed by atoms with E-state index in [1.54, 1.807) is 27.7 Å². The maximum atomic E-state index is 13.4. The summed E-state index contributed by atoms with van der Waals surface area (Å²) in [4.78, 5) is 0. The lowest BCUT2D eigenvalue weighted by Crippen LogP contribution is -2.34. The number of rotatable bonds is 13. The van der Waals surface area contributed by atoms with Crippen molar-refractivity contribution in [2.24, 2.45) is 0 Å². The second-order valence-electron chi connectivity index (χ2n) is 5.42. The van der Waals surface area contributed by atoms with Crippen molar-refractivity contribution in [3.05, 3.63) is 35.9 Å². The molecule has 0 aliphatic heterocycles. The molecule has 1 aromatic carbocycles. The first kappa shape index (κ1) is 23.5. The maximum absolute atomic E-state index is 13.4. The molecular formula is C17H31NO6P2. The molecule has 1 N–H and O–H groups in total. The van der Waals surface area contributed by atoms with Gasteiger partial charge < -0.3 is 18.1 Å². The molecule has 0 aromatic heterocycles. The summed E-state index contributed by atoms with van der Waals surface area (Å²) < 4.78 is 48.7. The average Bonchev–Trinajstić information content (AvgIpc) is 2.61. The lowest BCUT2D eigenvalue weighted by molar-refractivity contribution is 0.188. The highest BCUT2D eigenvalue weighted by Crippen LogP contribution is 2.69. The first-order valence-electron chi connectivity index (χ1n) is 8.95. The number of nitrogens with one attached hydrogen (secondary N) is 1. The maximum Gasteiger partial charge on any atom is 0.359 e. The van der Waals surface area contributed by atoms with Crippen molar-refractivity contribution in [1.82, 2.24) is 5.32 Å². The fraction of sp³-hybridized carbons (Fsp3) is 0.647. The zero-order valence-electron chi connectivity index (χ0n) is 16.2. The highest BCUT2D eigenvalue weighted by Gasteiger charge is 2.51. The van der Waals surface area contributed by atoms with Crippen molar-refractivity contribution >= 4 is 15.2 Å². The van der Waals surface area contributed by atoms with Crippen molar-refractivity contribution in [3.63, 3.8) is 0 Å². The Morgan fingerprint density at radius 2 is 1.19 bits per heavy atom. The second-order valence-corrected chi connectivity index (χ2v) is 10.1. The van der Waals surface area contributed by atoms with Crippen molar-refractivity contribution in [1.29, 1.82) is 0 Å². The molecule has 150 valence electrons. The summed E-state index contributed by atoms with van der Waals surface area (Å²) in [5, 5.41) is 3.13. The average molecular weight is 407 g/mol. The molecule has 0 heterocycles. The third kappa shape index (κ3) is 6.28. The minimum absolute atomic E-state index is 0.146. The van der Waals surface area contributed by atoms with E-state index in [0.717, 1.165) is 5.56 Å². The Morgan fingerprint density at radius 3 is 1.54 bits per heavy atom. The molecule has 1 atom stereocenters. The van der Waals surface area contributed by atoms with Gasteiger partial charge in [-0.2, -0.15) is 0 Å². The van der Waals surface area contributed by atoms with Crippen molar-refractivity contribution in [2.75, 3.05) is 26.4 Å². The largest absolute Gasteiger partial charge is 0.359 e. The van der Waals surface area contributed by atoms with Crippen LogP contribution in [0.3, 0.4) is 0 Å². The Morgan fingerprint density at radius 1 is 0.808 bits per heavy atom.